The molecule has 1 aliphatic heterocycles. The van der Waals surface area contributed by atoms with Gasteiger partial charge in [0.15, 0.2) is 0 Å². The summed E-state index contributed by atoms with van der Waals surface area (Å²) in [6.07, 6.45) is 3.02. The summed E-state index contributed by atoms with van der Waals surface area (Å²) >= 11 is 0. The highest BCUT2D eigenvalue weighted by Crippen LogP contribution is 2.15. The molecule has 0 saturated carbocycles. The maximum atomic E-state index is 5.61. The minimum absolute atomic E-state index is 0.270. The standard InChI is InChI=1S/C11H17N3O/c1-9-8-14(5-2-6-15-9)11-4-3-10(12)7-13-11/h3-4,7,9H,2,5-6,8,12H2,1H3. The number of pyridine rings is 1. The molecule has 0 spiro atoms. The molecule has 1 saturated heterocycles. The fourth-order valence-corrected chi connectivity index (χ4v) is 1.79. The highest BCUT2D eigenvalue weighted by Gasteiger charge is 2.15. The molecule has 0 radical (unpaired) electrons. The molecule has 1 unspecified atom stereocenters. The van der Waals surface area contributed by atoms with Gasteiger partial charge < -0.3 is 15.4 Å². The number of rotatable bonds is 1. The van der Waals surface area contributed by atoms with E-state index in [-0.39, 0.29) is 6.10 Å². The highest BCUT2D eigenvalue weighted by molar-refractivity contribution is 5.45. The Balaban J connectivity index is 2.11. The maximum absolute atomic E-state index is 5.61. The molecule has 1 atom stereocenters. The van der Waals surface area contributed by atoms with Crippen LogP contribution in [0.4, 0.5) is 11.5 Å². The Morgan fingerprint density at radius 2 is 2.40 bits per heavy atom. The third-order valence-corrected chi connectivity index (χ3v) is 2.55. The Labute approximate surface area is 90.0 Å². The van der Waals surface area contributed by atoms with E-state index in [4.69, 9.17) is 10.5 Å². The predicted octanol–water partition coefficient (Wildman–Crippen LogP) is 1.28. The molecule has 2 N–H and O–H groups in total. The Morgan fingerprint density at radius 1 is 1.53 bits per heavy atom. The van der Waals surface area contributed by atoms with Crippen LogP contribution in [-0.4, -0.2) is 30.8 Å². The monoisotopic (exact) mass is 207 g/mol. The fraction of sp³-hybridized carbons (Fsp3) is 0.545. The van der Waals surface area contributed by atoms with Crippen molar-refractivity contribution in [3.63, 3.8) is 0 Å². The fourth-order valence-electron chi connectivity index (χ4n) is 1.79. The summed E-state index contributed by atoms with van der Waals surface area (Å²) in [5, 5.41) is 0. The Morgan fingerprint density at radius 3 is 3.13 bits per heavy atom. The third kappa shape index (κ3) is 2.59. The maximum Gasteiger partial charge on any atom is 0.128 e. The van der Waals surface area contributed by atoms with Crippen LogP contribution in [-0.2, 0) is 4.74 Å². The Kier molecular flexibility index (Phi) is 3.06. The first-order valence-electron chi connectivity index (χ1n) is 5.34. The smallest absolute Gasteiger partial charge is 0.128 e. The summed E-state index contributed by atoms with van der Waals surface area (Å²) in [7, 11) is 0. The van der Waals surface area contributed by atoms with E-state index < -0.39 is 0 Å². The second-order valence-electron chi connectivity index (χ2n) is 3.93. The number of aromatic nitrogens is 1. The van der Waals surface area contributed by atoms with Gasteiger partial charge in [-0.3, -0.25) is 0 Å². The van der Waals surface area contributed by atoms with Crippen molar-refractivity contribution in [3.05, 3.63) is 18.3 Å². The van der Waals surface area contributed by atoms with Gasteiger partial charge in [-0.05, 0) is 25.5 Å². The van der Waals surface area contributed by atoms with Gasteiger partial charge in [-0.15, -0.1) is 0 Å². The highest BCUT2D eigenvalue weighted by atomic mass is 16.5. The van der Waals surface area contributed by atoms with Crippen LogP contribution in [0, 0.1) is 0 Å². The number of hydrogen-bond acceptors (Lipinski definition) is 4. The lowest BCUT2D eigenvalue weighted by Crippen LogP contribution is -2.30. The van der Waals surface area contributed by atoms with E-state index in [0.717, 1.165) is 31.9 Å². The molecule has 82 valence electrons. The minimum atomic E-state index is 0.270. The number of nitrogens with two attached hydrogens (primary N) is 1. The van der Waals surface area contributed by atoms with Crippen molar-refractivity contribution in [3.8, 4) is 0 Å². The summed E-state index contributed by atoms with van der Waals surface area (Å²) in [6.45, 7) is 4.83. The van der Waals surface area contributed by atoms with Crippen LogP contribution in [0.15, 0.2) is 18.3 Å². The lowest BCUT2D eigenvalue weighted by molar-refractivity contribution is 0.0820. The zero-order valence-electron chi connectivity index (χ0n) is 9.02. The molecular formula is C11H17N3O. The van der Waals surface area contributed by atoms with Crippen molar-refractivity contribution in [1.29, 1.82) is 0 Å². The summed E-state index contributed by atoms with van der Waals surface area (Å²) in [4.78, 5) is 6.57. The number of nitrogen functional groups attached to an aromatic ring is 1. The van der Waals surface area contributed by atoms with Crippen LogP contribution in [0.5, 0.6) is 0 Å². The molecule has 0 amide bonds. The summed E-state index contributed by atoms with van der Waals surface area (Å²) in [6, 6.07) is 3.85. The predicted molar refractivity (Wildman–Crippen MR) is 60.9 cm³/mol. The quantitative estimate of drug-likeness (QED) is 0.753. The molecule has 1 fully saturated rings. The van der Waals surface area contributed by atoms with E-state index in [1.165, 1.54) is 0 Å². The van der Waals surface area contributed by atoms with Gasteiger partial charge in [0.05, 0.1) is 18.0 Å². The summed E-state index contributed by atoms with van der Waals surface area (Å²) in [5.74, 6) is 0.988. The van der Waals surface area contributed by atoms with Crippen LogP contribution in [0.3, 0.4) is 0 Å². The lowest BCUT2D eigenvalue weighted by Gasteiger charge is -2.22. The minimum Gasteiger partial charge on any atom is -0.397 e. The summed E-state index contributed by atoms with van der Waals surface area (Å²) in [5.41, 5.74) is 6.32. The molecule has 4 nitrogen and oxygen atoms in total. The molecule has 2 rings (SSSR count). The first-order valence-corrected chi connectivity index (χ1v) is 5.34. The Hall–Kier alpha value is -1.29. The van der Waals surface area contributed by atoms with Crippen molar-refractivity contribution in [2.24, 2.45) is 0 Å². The Bertz CT molecular complexity index is 312. The van der Waals surface area contributed by atoms with Crippen molar-refractivity contribution < 1.29 is 4.74 Å². The molecule has 1 aliphatic rings. The van der Waals surface area contributed by atoms with Gasteiger partial charge in [0.2, 0.25) is 0 Å². The molecule has 1 aromatic heterocycles. The molecule has 15 heavy (non-hydrogen) atoms. The molecule has 1 aromatic rings. The van der Waals surface area contributed by atoms with Gasteiger partial charge in [0.25, 0.3) is 0 Å². The van der Waals surface area contributed by atoms with E-state index in [9.17, 15) is 0 Å². The number of ether oxygens (including phenoxy) is 1. The first kappa shape index (κ1) is 10.2. The van der Waals surface area contributed by atoms with Crippen LogP contribution >= 0.6 is 0 Å². The second kappa shape index (κ2) is 4.49. The molecule has 0 aromatic carbocycles. The van der Waals surface area contributed by atoms with E-state index in [2.05, 4.69) is 16.8 Å². The number of hydrogen-bond donors (Lipinski definition) is 1. The molecule has 2 heterocycles. The normalized spacial score (nSPS) is 22.5. The van der Waals surface area contributed by atoms with Crippen molar-refractivity contribution in [2.45, 2.75) is 19.4 Å². The van der Waals surface area contributed by atoms with E-state index in [0.29, 0.717) is 5.69 Å². The van der Waals surface area contributed by atoms with Gasteiger partial charge >= 0.3 is 0 Å². The zero-order chi connectivity index (χ0) is 10.7. The van der Waals surface area contributed by atoms with Crippen molar-refractivity contribution >= 4 is 11.5 Å². The van der Waals surface area contributed by atoms with E-state index >= 15 is 0 Å². The second-order valence-corrected chi connectivity index (χ2v) is 3.93. The van der Waals surface area contributed by atoms with Crippen LogP contribution < -0.4 is 10.6 Å². The van der Waals surface area contributed by atoms with Gasteiger partial charge in [-0.25, -0.2) is 4.98 Å². The number of nitrogens with zero attached hydrogens (tertiary/aromatic N) is 2. The van der Waals surface area contributed by atoms with Gasteiger partial charge in [0.1, 0.15) is 5.82 Å². The van der Waals surface area contributed by atoms with Crippen molar-refractivity contribution in [1.82, 2.24) is 4.98 Å². The zero-order valence-corrected chi connectivity index (χ0v) is 9.02. The molecular weight excluding hydrogens is 190 g/mol. The van der Waals surface area contributed by atoms with E-state index in [1.54, 1.807) is 6.20 Å². The van der Waals surface area contributed by atoms with Crippen molar-refractivity contribution in [2.75, 3.05) is 30.3 Å². The lowest BCUT2D eigenvalue weighted by atomic mass is 10.3. The SMILES string of the molecule is CC1CN(c2ccc(N)cn2)CCCO1. The van der Waals surface area contributed by atoms with Gasteiger partial charge in [0, 0.05) is 19.7 Å². The average molecular weight is 207 g/mol. The van der Waals surface area contributed by atoms with Gasteiger partial charge in [-0.1, -0.05) is 0 Å². The molecule has 0 bridgehead atoms. The van der Waals surface area contributed by atoms with Crippen LogP contribution in [0.25, 0.3) is 0 Å². The third-order valence-electron chi connectivity index (χ3n) is 2.55. The van der Waals surface area contributed by atoms with E-state index in [1.807, 2.05) is 12.1 Å². The molecule has 0 aliphatic carbocycles. The van der Waals surface area contributed by atoms with Crippen LogP contribution in [0.2, 0.25) is 0 Å². The average Bonchev–Trinajstić information content (AvgIpc) is 2.44. The largest absolute Gasteiger partial charge is 0.397 e. The first-order chi connectivity index (χ1) is 7.25. The van der Waals surface area contributed by atoms with Crippen LogP contribution in [0.1, 0.15) is 13.3 Å². The topological polar surface area (TPSA) is 51.4 Å². The van der Waals surface area contributed by atoms with Gasteiger partial charge in [-0.2, -0.15) is 0 Å². The summed E-state index contributed by atoms with van der Waals surface area (Å²) < 4.78 is 5.58. The molecule has 4 heteroatoms. The number of anilines is 2.